The Morgan fingerprint density at radius 3 is 1.82 bits per heavy atom. The summed E-state index contributed by atoms with van der Waals surface area (Å²) in [5, 5.41) is 2.16. The van der Waals surface area contributed by atoms with Crippen LogP contribution in [0.5, 0.6) is 0 Å². The number of fused-ring (bicyclic) bond motifs is 3. The zero-order valence-electron chi connectivity index (χ0n) is 26.5. The minimum Gasteiger partial charge on any atom is -0.456 e. The van der Waals surface area contributed by atoms with E-state index in [2.05, 4.69) is 109 Å². The average molecular weight is 628 g/mol. The zero-order chi connectivity index (χ0) is 32.6. The van der Waals surface area contributed by atoms with E-state index in [4.69, 9.17) is 19.4 Å². The number of hydrogen-bond acceptors (Lipinski definition) is 4. The molecule has 0 N–H and O–H groups in total. The van der Waals surface area contributed by atoms with E-state index in [1.165, 1.54) is 5.56 Å². The fourth-order valence-electron chi connectivity index (χ4n) is 6.59. The maximum Gasteiger partial charge on any atom is 0.160 e. The van der Waals surface area contributed by atoms with Crippen LogP contribution in [0.1, 0.15) is 0 Å². The monoisotopic (exact) mass is 627 g/mol. The molecule has 0 fully saturated rings. The lowest BCUT2D eigenvalue weighted by molar-refractivity contribution is 0.669. The first-order chi connectivity index (χ1) is 24.3. The Labute approximate surface area is 284 Å². The molecule has 0 bridgehead atoms. The van der Waals surface area contributed by atoms with Crippen LogP contribution in [0.4, 0.5) is 0 Å². The predicted octanol–water partition coefficient (Wildman–Crippen LogP) is 11.8. The second-order valence-electron chi connectivity index (χ2n) is 12.0. The van der Waals surface area contributed by atoms with Crippen LogP contribution < -0.4 is 0 Å². The smallest absolute Gasteiger partial charge is 0.160 e. The molecule has 3 aromatic heterocycles. The third kappa shape index (κ3) is 5.35. The van der Waals surface area contributed by atoms with Crippen molar-refractivity contribution >= 4 is 21.9 Å². The van der Waals surface area contributed by atoms with Crippen molar-refractivity contribution in [3.63, 3.8) is 0 Å². The first-order valence-corrected chi connectivity index (χ1v) is 16.4. The number of rotatable bonds is 6. The molecule has 0 aliphatic heterocycles. The van der Waals surface area contributed by atoms with Gasteiger partial charge in [-0.3, -0.25) is 4.98 Å². The number of furan rings is 1. The van der Waals surface area contributed by atoms with E-state index in [1.807, 2.05) is 66.9 Å². The highest BCUT2D eigenvalue weighted by Crippen LogP contribution is 2.40. The van der Waals surface area contributed by atoms with Gasteiger partial charge in [-0.25, -0.2) is 9.97 Å². The lowest BCUT2D eigenvalue weighted by Gasteiger charge is -2.12. The van der Waals surface area contributed by atoms with Gasteiger partial charge >= 0.3 is 0 Å². The maximum absolute atomic E-state index is 6.20. The summed E-state index contributed by atoms with van der Waals surface area (Å²) in [4.78, 5) is 15.0. The number of benzene rings is 6. The van der Waals surface area contributed by atoms with Crippen molar-refractivity contribution in [1.29, 1.82) is 0 Å². The summed E-state index contributed by atoms with van der Waals surface area (Å²) >= 11 is 0. The van der Waals surface area contributed by atoms with E-state index in [0.717, 1.165) is 78.0 Å². The van der Waals surface area contributed by atoms with E-state index in [0.29, 0.717) is 5.82 Å². The van der Waals surface area contributed by atoms with Gasteiger partial charge in [0.2, 0.25) is 0 Å². The van der Waals surface area contributed by atoms with Crippen molar-refractivity contribution in [3.8, 4) is 67.4 Å². The first kappa shape index (κ1) is 28.6. The molecule has 0 amide bonds. The molecule has 0 aliphatic rings. The maximum atomic E-state index is 6.20. The van der Waals surface area contributed by atoms with E-state index in [9.17, 15) is 0 Å². The lowest BCUT2D eigenvalue weighted by Crippen LogP contribution is -1.96. The minimum atomic E-state index is 0.692. The van der Waals surface area contributed by atoms with Crippen LogP contribution >= 0.6 is 0 Å². The quantitative estimate of drug-likeness (QED) is 0.184. The van der Waals surface area contributed by atoms with Crippen LogP contribution in [0, 0.1) is 0 Å². The molecule has 0 atom stereocenters. The number of pyridine rings is 1. The zero-order valence-corrected chi connectivity index (χ0v) is 26.5. The minimum absolute atomic E-state index is 0.692. The SMILES string of the molecule is c1ccc(-c2cccc(-c3cc(-c4ccc(-c5cccnc5-c5cccc6oc7ccccc7c56)cc4)nc(-c4ccccc4)n3)c2)cc1. The van der Waals surface area contributed by atoms with Crippen LogP contribution in [-0.4, -0.2) is 15.0 Å². The van der Waals surface area contributed by atoms with Gasteiger partial charge in [0.25, 0.3) is 0 Å². The van der Waals surface area contributed by atoms with Crippen LogP contribution in [0.15, 0.2) is 180 Å². The molecule has 49 heavy (non-hydrogen) atoms. The number of hydrogen-bond donors (Lipinski definition) is 0. The Morgan fingerprint density at radius 2 is 1.00 bits per heavy atom. The fourth-order valence-corrected chi connectivity index (χ4v) is 6.59. The highest BCUT2D eigenvalue weighted by atomic mass is 16.3. The van der Waals surface area contributed by atoms with Crippen molar-refractivity contribution in [2.45, 2.75) is 0 Å². The second kappa shape index (κ2) is 12.2. The molecule has 0 saturated carbocycles. The van der Waals surface area contributed by atoms with Gasteiger partial charge in [0.1, 0.15) is 11.2 Å². The largest absolute Gasteiger partial charge is 0.456 e. The topological polar surface area (TPSA) is 51.8 Å². The Bertz CT molecular complexity index is 2590. The molecule has 9 aromatic rings. The van der Waals surface area contributed by atoms with Gasteiger partial charge in [0.15, 0.2) is 5.82 Å². The van der Waals surface area contributed by atoms with Crippen LogP contribution in [0.2, 0.25) is 0 Å². The standard InChI is InChI=1S/C45H29N3O/c1-3-12-30(13-4-1)34-16-9-17-35(28-34)40-29-39(47-45(48-40)33-14-5-2-6-15-33)32-25-23-31(24-26-32)36-20-11-27-46-44(36)38-19-10-22-42-43(38)37-18-7-8-21-41(37)49-42/h1-29H. The van der Waals surface area contributed by atoms with Crippen molar-refractivity contribution in [2.75, 3.05) is 0 Å². The van der Waals surface area contributed by atoms with Crippen LogP contribution in [0.25, 0.3) is 89.4 Å². The summed E-state index contributed by atoms with van der Waals surface area (Å²) in [6.45, 7) is 0. The molecule has 0 spiro atoms. The van der Waals surface area contributed by atoms with E-state index < -0.39 is 0 Å². The predicted molar refractivity (Wildman–Crippen MR) is 200 cm³/mol. The molecular weight excluding hydrogens is 599 g/mol. The highest BCUT2D eigenvalue weighted by Gasteiger charge is 2.17. The van der Waals surface area contributed by atoms with Gasteiger partial charge in [-0.2, -0.15) is 0 Å². The number of aromatic nitrogens is 3. The molecule has 230 valence electrons. The van der Waals surface area contributed by atoms with Gasteiger partial charge in [-0.1, -0.05) is 140 Å². The molecule has 4 nitrogen and oxygen atoms in total. The molecule has 4 heteroatoms. The summed E-state index contributed by atoms with van der Waals surface area (Å²) < 4.78 is 6.20. The number of para-hydroxylation sites is 1. The normalized spacial score (nSPS) is 11.3. The second-order valence-corrected chi connectivity index (χ2v) is 12.0. The summed E-state index contributed by atoms with van der Waals surface area (Å²) in [6.07, 6.45) is 1.86. The van der Waals surface area contributed by atoms with Gasteiger partial charge in [0.05, 0.1) is 17.1 Å². The third-order valence-corrected chi connectivity index (χ3v) is 8.98. The molecule has 0 aliphatic carbocycles. The van der Waals surface area contributed by atoms with Gasteiger partial charge in [-0.15, -0.1) is 0 Å². The van der Waals surface area contributed by atoms with Crippen LogP contribution in [0.3, 0.4) is 0 Å². The van der Waals surface area contributed by atoms with Crippen molar-refractivity contribution in [3.05, 3.63) is 176 Å². The van der Waals surface area contributed by atoms with E-state index in [1.54, 1.807) is 0 Å². The molecule has 9 rings (SSSR count). The molecule has 0 radical (unpaired) electrons. The average Bonchev–Trinajstić information content (AvgIpc) is 3.58. The number of nitrogens with zero attached hydrogens (tertiary/aromatic N) is 3. The van der Waals surface area contributed by atoms with Gasteiger partial charge < -0.3 is 4.42 Å². The van der Waals surface area contributed by atoms with Crippen molar-refractivity contribution in [2.24, 2.45) is 0 Å². The van der Waals surface area contributed by atoms with Gasteiger partial charge in [0, 0.05) is 44.8 Å². The Balaban J connectivity index is 1.13. The van der Waals surface area contributed by atoms with Crippen molar-refractivity contribution < 1.29 is 4.42 Å². The van der Waals surface area contributed by atoms with Crippen LogP contribution in [-0.2, 0) is 0 Å². The first-order valence-electron chi connectivity index (χ1n) is 16.4. The van der Waals surface area contributed by atoms with E-state index in [-0.39, 0.29) is 0 Å². The Morgan fingerprint density at radius 1 is 0.388 bits per heavy atom. The fraction of sp³-hybridized carbons (Fsp3) is 0. The third-order valence-electron chi connectivity index (χ3n) is 8.98. The summed E-state index contributed by atoms with van der Waals surface area (Å²) in [7, 11) is 0. The van der Waals surface area contributed by atoms with Crippen molar-refractivity contribution in [1.82, 2.24) is 15.0 Å². The molecule has 6 aromatic carbocycles. The summed E-state index contributed by atoms with van der Waals surface area (Å²) in [5.41, 5.74) is 12.9. The molecule has 3 heterocycles. The Kier molecular flexibility index (Phi) is 7.10. The molecule has 0 unspecified atom stereocenters. The van der Waals surface area contributed by atoms with E-state index >= 15 is 0 Å². The molecule has 0 saturated heterocycles. The van der Waals surface area contributed by atoms with Gasteiger partial charge in [-0.05, 0) is 47.0 Å². The lowest BCUT2D eigenvalue weighted by atomic mass is 9.95. The summed E-state index contributed by atoms with van der Waals surface area (Å²) in [5.74, 6) is 0.692. The Hall–Kier alpha value is -6.65. The molecular formula is C45H29N3O. The summed E-state index contributed by atoms with van der Waals surface area (Å²) in [6, 6.07) is 58.3. The highest BCUT2D eigenvalue weighted by molar-refractivity contribution is 6.13.